The topological polar surface area (TPSA) is 42.0 Å². The summed E-state index contributed by atoms with van der Waals surface area (Å²) in [6.07, 6.45) is 5.70. The van der Waals surface area contributed by atoms with E-state index in [1.54, 1.807) is 0 Å². The van der Waals surface area contributed by atoms with Crippen LogP contribution in [-0.2, 0) is 11.2 Å². The quantitative estimate of drug-likeness (QED) is 0.738. The molecule has 1 amide bonds. The maximum absolute atomic E-state index is 13.4. The lowest BCUT2D eigenvalue weighted by molar-refractivity contribution is -0.0462. The summed E-state index contributed by atoms with van der Waals surface area (Å²) in [5.41, 5.74) is 3.63. The van der Waals surface area contributed by atoms with E-state index in [2.05, 4.69) is 41.3 Å². The van der Waals surface area contributed by atoms with Gasteiger partial charge in [-0.05, 0) is 79.9 Å². The predicted molar refractivity (Wildman–Crippen MR) is 118 cm³/mol. The first-order valence-electron chi connectivity index (χ1n) is 11.8. The molecule has 7 rings (SSSR count). The molecule has 0 unspecified atom stereocenters. The molecular formula is C26H30N2O3. The zero-order valence-corrected chi connectivity index (χ0v) is 17.9. The van der Waals surface area contributed by atoms with Gasteiger partial charge in [0.25, 0.3) is 0 Å². The molecule has 162 valence electrons. The number of hydrogen-bond donors (Lipinski definition) is 0. The van der Waals surface area contributed by atoms with E-state index in [-0.39, 0.29) is 18.2 Å². The summed E-state index contributed by atoms with van der Waals surface area (Å²) >= 11 is 0. The van der Waals surface area contributed by atoms with Crippen molar-refractivity contribution < 1.29 is 14.3 Å². The number of rotatable bonds is 4. The summed E-state index contributed by atoms with van der Waals surface area (Å²) in [4.78, 5) is 17.8. The fourth-order valence-corrected chi connectivity index (χ4v) is 5.47. The van der Waals surface area contributed by atoms with Crippen LogP contribution in [0.15, 0.2) is 48.5 Å². The van der Waals surface area contributed by atoms with Crippen LogP contribution in [0.1, 0.15) is 48.4 Å². The van der Waals surface area contributed by atoms with Crippen molar-refractivity contribution in [1.82, 2.24) is 9.80 Å². The van der Waals surface area contributed by atoms with Gasteiger partial charge in [0.2, 0.25) is 0 Å². The van der Waals surface area contributed by atoms with Crippen molar-refractivity contribution in [1.29, 1.82) is 0 Å². The van der Waals surface area contributed by atoms with E-state index < -0.39 is 0 Å². The van der Waals surface area contributed by atoms with Crippen LogP contribution in [0.5, 0.6) is 5.75 Å². The smallest absolute Gasteiger partial charge is 0.410 e. The summed E-state index contributed by atoms with van der Waals surface area (Å²) in [6.45, 7) is 3.86. The average molecular weight is 419 g/mol. The SMILES string of the molecule is O=C(O[C@@H]1CN2CCC1CC2)N1CCc2ccccc2[C@@H]1c1ccc(OC2CC2)cc1. The minimum Gasteiger partial charge on any atom is -0.490 e. The van der Waals surface area contributed by atoms with Gasteiger partial charge in [0.1, 0.15) is 11.9 Å². The van der Waals surface area contributed by atoms with Crippen molar-refractivity contribution in [3.8, 4) is 5.75 Å². The number of carbonyl (C=O) groups excluding carboxylic acids is 1. The first-order valence-corrected chi connectivity index (χ1v) is 11.8. The maximum Gasteiger partial charge on any atom is 0.410 e. The van der Waals surface area contributed by atoms with Gasteiger partial charge in [-0.25, -0.2) is 4.79 Å². The molecule has 2 atom stereocenters. The van der Waals surface area contributed by atoms with E-state index in [9.17, 15) is 4.79 Å². The molecule has 5 aliphatic rings. The number of fused-ring (bicyclic) bond motifs is 4. The zero-order valence-electron chi connectivity index (χ0n) is 17.9. The average Bonchev–Trinajstić information content (AvgIpc) is 3.64. The molecule has 5 nitrogen and oxygen atoms in total. The Bertz CT molecular complexity index is 947. The summed E-state index contributed by atoms with van der Waals surface area (Å²) in [7, 11) is 0. The zero-order chi connectivity index (χ0) is 20.8. The third-order valence-corrected chi connectivity index (χ3v) is 7.39. The lowest BCUT2D eigenvalue weighted by Crippen LogP contribution is -2.53. The molecule has 0 N–H and O–H groups in total. The standard InChI is InChI=1S/C26H30N2O3/c29-26(31-24-17-27-14-11-19(24)12-15-27)28-16-13-18-3-1-2-4-23(18)25(28)20-5-7-21(8-6-20)30-22-9-10-22/h1-8,19,22,24-25H,9-17H2/t24-,25+/m1/s1. The largest absolute Gasteiger partial charge is 0.490 e. The van der Waals surface area contributed by atoms with Gasteiger partial charge >= 0.3 is 6.09 Å². The minimum absolute atomic E-state index is 0.0298. The van der Waals surface area contributed by atoms with E-state index in [4.69, 9.17) is 9.47 Å². The van der Waals surface area contributed by atoms with Crippen molar-refractivity contribution in [3.63, 3.8) is 0 Å². The normalized spacial score (nSPS) is 29.4. The number of carbonyl (C=O) groups is 1. The Morgan fingerprint density at radius 3 is 2.39 bits per heavy atom. The molecule has 3 saturated heterocycles. The molecule has 2 bridgehead atoms. The Labute approximate surface area is 183 Å². The van der Waals surface area contributed by atoms with Gasteiger partial charge in [0, 0.05) is 13.1 Å². The molecule has 4 fully saturated rings. The monoisotopic (exact) mass is 418 g/mol. The van der Waals surface area contributed by atoms with Crippen LogP contribution in [0.2, 0.25) is 0 Å². The van der Waals surface area contributed by atoms with Gasteiger partial charge in [-0.2, -0.15) is 0 Å². The van der Waals surface area contributed by atoms with E-state index in [0.29, 0.717) is 18.6 Å². The number of hydrogen-bond acceptors (Lipinski definition) is 4. The molecular weight excluding hydrogens is 388 g/mol. The van der Waals surface area contributed by atoms with Gasteiger partial charge < -0.3 is 9.47 Å². The Morgan fingerprint density at radius 1 is 0.903 bits per heavy atom. The second-order valence-electron chi connectivity index (χ2n) is 9.49. The second kappa shape index (κ2) is 7.86. The summed E-state index contributed by atoms with van der Waals surface area (Å²) in [5.74, 6) is 1.43. The van der Waals surface area contributed by atoms with Gasteiger partial charge in [-0.3, -0.25) is 9.80 Å². The lowest BCUT2D eigenvalue weighted by atomic mass is 9.86. The van der Waals surface area contributed by atoms with Gasteiger partial charge in [0.15, 0.2) is 0 Å². The second-order valence-corrected chi connectivity index (χ2v) is 9.49. The third-order valence-electron chi connectivity index (χ3n) is 7.39. The molecule has 4 heterocycles. The third kappa shape index (κ3) is 3.80. The minimum atomic E-state index is -0.170. The highest BCUT2D eigenvalue weighted by Gasteiger charge is 2.39. The van der Waals surface area contributed by atoms with Crippen molar-refractivity contribution in [2.75, 3.05) is 26.2 Å². The van der Waals surface area contributed by atoms with Gasteiger partial charge in [0.05, 0.1) is 12.1 Å². The van der Waals surface area contributed by atoms with Gasteiger partial charge in [-0.15, -0.1) is 0 Å². The highest BCUT2D eigenvalue weighted by Crippen LogP contribution is 2.38. The number of benzene rings is 2. The number of piperidine rings is 3. The molecule has 1 saturated carbocycles. The summed E-state index contributed by atoms with van der Waals surface area (Å²) < 4.78 is 12.1. The predicted octanol–water partition coefficient (Wildman–Crippen LogP) is 4.41. The van der Waals surface area contributed by atoms with Crippen LogP contribution in [0.25, 0.3) is 0 Å². The number of nitrogens with zero attached hydrogens (tertiary/aromatic N) is 2. The Balaban J connectivity index is 1.27. The van der Waals surface area contributed by atoms with E-state index in [0.717, 1.165) is 63.1 Å². The molecule has 31 heavy (non-hydrogen) atoms. The highest BCUT2D eigenvalue weighted by molar-refractivity contribution is 5.70. The molecule has 4 aliphatic heterocycles. The highest BCUT2D eigenvalue weighted by atomic mass is 16.6. The lowest BCUT2D eigenvalue weighted by Gasteiger charge is -2.45. The van der Waals surface area contributed by atoms with E-state index in [1.807, 2.05) is 17.0 Å². The Kier molecular flexibility index (Phi) is 4.87. The number of amides is 1. The molecule has 5 heteroatoms. The van der Waals surface area contributed by atoms with E-state index >= 15 is 0 Å². The van der Waals surface area contributed by atoms with Crippen LogP contribution in [0.4, 0.5) is 4.79 Å². The fraction of sp³-hybridized carbons (Fsp3) is 0.500. The van der Waals surface area contributed by atoms with Crippen LogP contribution in [0.3, 0.4) is 0 Å². The molecule has 1 aliphatic carbocycles. The first-order chi connectivity index (χ1) is 15.2. The Hall–Kier alpha value is -2.53. The summed E-state index contributed by atoms with van der Waals surface area (Å²) in [6, 6.07) is 16.7. The van der Waals surface area contributed by atoms with Crippen LogP contribution in [-0.4, -0.2) is 54.3 Å². The Morgan fingerprint density at radius 2 is 1.68 bits per heavy atom. The maximum atomic E-state index is 13.4. The van der Waals surface area contributed by atoms with Crippen LogP contribution >= 0.6 is 0 Å². The molecule has 2 aromatic carbocycles. The molecule has 0 spiro atoms. The van der Waals surface area contributed by atoms with Crippen molar-refractivity contribution in [2.45, 2.75) is 50.4 Å². The fourth-order valence-electron chi connectivity index (χ4n) is 5.47. The van der Waals surface area contributed by atoms with Gasteiger partial charge in [-0.1, -0.05) is 36.4 Å². The van der Waals surface area contributed by atoms with Crippen molar-refractivity contribution >= 4 is 6.09 Å². The summed E-state index contributed by atoms with van der Waals surface area (Å²) in [5, 5.41) is 0. The van der Waals surface area contributed by atoms with Crippen LogP contribution < -0.4 is 4.74 Å². The van der Waals surface area contributed by atoms with Crippen LogP contribution in [0, 0.1) is 5.92 Å². The molecule has 2 aromatic rings. The number of ether oxygens (including phenoxy) is 2. The van der Waals surface area contributed by atoms with E-state index in [1.165, 1.54) is 11.1 Å². The molecule has 0 aromatic heterocycles. The van der Waals surface area contributed by atoms with Crippen molar-refractivity contribution in [3.05, 3.63) is 65.2 Å². The van der Waals surface area contributed by atoms with Crippen molar-refractivity contribution in [2.24, 2.45) is 5.92 Å². The first kappa shape index (κ1) is 19.2. The molecule has 0 radical (unpaired) electrons.